The van der Waals surface area contributed by atoms with Crippen LogP contribution in [0, 0.1) is 0 Å². The Morgan fingerprint density at radius 1 is 1.11 bits per heavy atom. The first-order valence-electron chi connectivity index (χ1n) is 8.97. The SMILES string of the molecule is COc1ccc(N2COc3c(Cl)cc4c5c(c(=O)oc4c3C2)CCC5)cc1. The lowest BCUT2D eigenvalue weighted by atomic mass is 10.0. The van der Waals surface area contributed by atoms with Gasteiger partial charge in [-0.15, -0.1) is 0 Å². The molecule has 0 bridgehead atoms. The summed E-state index contributed by atoms with van der Waals surface area (Å²) in [4.78, 5) is 14.5. The molecule has 0 N–H and O–H groups in total. The molecule has 5 rings (SSSR count). The molecule has 3 aromatic rings. The van der Waals surface area contributed by atoms with E-state index in [2.05, 4.69) is 4.90 Å². The summed E-state index contributed by atoms with van der Waals surface area (Å²) in [6, 6.07) is 9.66. The molecule has 2 aromatic carbocycles. The van der Waals surface area contributed by atoms with Gasteiger partial charge in [0.2, 0.25) is 0 Å². The molecule has 27 heavy (non-hydrogen) atoms. The third kappa shape index (κ3) is 2.57. The van der Waals surface area contributed by atoms with Crippen LogP contribution in [-0.2, 0) is 19.4 Å². The van der Waals surface area contributed by atoms with Crippen LogP contribution in [0.15, 0.2) is 39.5 Å². The average molecular weight is 384 g/mol. The van der Waals surface area contributed by atoms with E-state index < -0.39 is 0 Å². The summed E-state index contributed by atoms with van der Waals surface area (Å²) >= 11 is 6.52. The first-order valence-corrected chi connectivity index (χ1v) is 9.35. The van der Waals surface area contributed by atoms with E-state index in [-0.39, 0.29) is 5.63 Å². The smallest absolute Gasteiger partial charge is 0.339 e. The van der Waals surface area contributed by atoms with Crippen molar-refractivity contribution in [1.29, 1.82) is 0 Å². The van der Waals surface area contributed by atoms with Gasteiger partial charge in [-0.3, -0.25) is 0 Å². The molecule has 138 valence electrons. The van der Waals surface area contributed by atoms with Crippen molar-refractivity contribution in [2.24, 2.45) is 0 Å². The molecule has 0 saturated heterocycles. The predicted molar refractivity (Wildman–Crippen MR) is 104 cm³/mol. The quantitative estimate of drug-likeness (QED) is 0.617. The molecule has 0 fully saturated rings. The van der Waals surface area contributed by atoms with Crippen LogP contribution in [0.3, 0.4) is 0 Å². The zero-order valence-electron chi connectivity index (χ0n) is 14.9. The molecule has 5 nitrogen and oxygen atoms in total. The fourth-order valence-electron chi connectivity index (χ4n) is 4.07. The summed E-state index contributed by atoms with van der Waals surface area (Å²) in [5.41, 5.74) is 4.05. The molecule has 0 saturated carbocycles. The van der Waals surface area contributed by atoms with Gasteiger partial charge in [0.15, 0.2) is 6.73 Å². The highest BCUT2D eigenvalue weighted by molar-refractivity contribution is 6.33. The number of fused-ring (bicyclic) bond motifs is 5. The standard InChI is InChI=1S/C21H18ClNO4/c1-25-13-7-5-12(6-8-13)23-10-17-19-16(9-18(22)20(17)26-11-23)14-3-2-4-15(14)21(24)27-19/h5-9H,2-4,10-11H2,1H3. The fourth-order valence-corrected chi connectivity index (χ4v) is 4.34. The number of aryl methyl sites for hydroxylation is 1. The minimum atomic E-state index is -0.235. The van der Waals surface area contributed by atoms with Gasteiger partial charge in [-0.25, -0.2) is 4.79 Å². The predicted octanol–water partition coefficient (Wildman–Crippen LogP) is 4.30. The molecule has 0 unspecified atom stereocenters. The van der Waals surface area contributed by atoms with Crippen molar-refractivity contribution in [2.75, 3.05) is 18.7 Å². The van der Waals surface area contributed by atoms with Crippen molar-refractivity contribution in [3.8, 4) is 11.5 Å². The van der Waals surface area contributed by atoms with E-state index >= 15 is 0 Å². The van der Waals surface area contributed by atoms with Crippen molar-refractivity contribution in [2.45, 2.75) is 25.8 Å². The monoisotopic (exact) mass is 383 g/mol. The molecule has 1 aliphatic carbocycles. The molecule has 0 atom stereocenters. The van der Waals surface area contributed by atoms with E-state index in [9.17, 15) is 4.79 Å². The number of nitrogens with zero attached hydrogens (tertiary/aromatic N) is 1. The minimum Gasteiger partial charge on any atom is -0.497 e. The number of rotatable bonds is 2. The van der Waals surface area contributed by atoms with E-state index in [1.54, 1.807) is 7.11 Å². The Hall–Kier alpha value is -2.66. The second-order valence-corrected chi connectivity index (χ2v) is 7.32. The van der Waals surface area contributed by atoms with Gasteiger partial charge < -0.3 is 18.8 Å². The number of hydrogen-bond acceptors (Lipinski definition) is 5. The fraction of sp³-hybridized carbons (Fsp3) is 0.286. The van der Waals surface area contributed by atoms with Crippen LogP contribution in [0.5, 0.6) is 11.5 Å². The Morgan fingerprint density at radius 3 is 2.67 bits per heavy atom. The summed E-state index contributed by atoms with van der Waals surface area (Å²) in [6.07, 6.45) is 2.63. The van der Waals surface area contributed by atoms with E-state index in [0.717, 1.165) is 52.8 Å². The zero-order chi connectivity index (χ0) is 18.5. The Kier molecular flexibility index (Phi) is 3.79. The molecule has 2 aliphatic rings. The summed E-state index contributed by atoms with van der Waals surface area (Å²) < 4.78 is 16.9. The first kappa shape index (κ1) is 16.5. The summed E-state index contributed by atoms with van der Waals surface area (Å²) in [5.74, 6) is 1.40. The lowest BCUT2D eigenvalue weighted by Gasteiger charge is -2.31. The van der Waals surface area contributed by atoms with Crippen LogP contribution in [0.2, 0.25) is 5.02 Å². The van der Waals surface area contributed by atoms with Crippen LogP contribution in [0.1, 0.15) is 23.1 Å². The van der Waals surface area contributed by atoms with Crippen LogP contribution >= 0.6 is 11.6 Å². The van der Waals surface area contributed by atoms with Gasteiger partial charge in [-0.05, 0) is 55.2 Å². The molecule has 2 heterocycles. The van der Waals surface area contributed by atoms with E-state index in [1.807, 2.05) is 30.3 Å². The second kappa shape index (κ2) is 6.20. The lowest BCUT2D eigenvalue weighted by Crippen LogP contribution is -2.32. The first-order chi connectivity index (χ1) is 13.2. The largest absolute Gasteiger partial charge is 0.497 e. The number of hydrogen-bond donors (Lipinski definition) is 0. The van der Waals surface area contributed by atoms with Crippen molar-refractivity contribution < 1.29 is 13.9 Å². The number of methoxy groups -OCH3 is 1. The Bertz CT molecular complexity index is 1100. The average Bonchev–Trinajstić information content (AvgIpc) is 3.20. The molecular weight excluding hydrogens is 366 g/mol. The van der Waals surface area contributed by atoms with Crippen molar-refractivity contribution in [3.05, 3.63) is 62.5 Å². The normalized spacial score (nSPS) is 15.4. The van der Waals surface area contributed by atoms with Gasteiger partial charge in [0.05, 0.1) is 24.2 Å². The molecular formula is C21H18ClNO4. The molecule has 1 aliphatic heterocycles. The number of benzene rings is 2. The zero-order valence-corrected chi connectivity index (χ0v) is 15.6. The molecule has 0 radical (unpaired) electrons. The summed E-state index contributed by atoms with van der Waals surface area (Å²) in [7, 11) is 1.64. The van der Waals surface area contributed by atoms with Gasteiger partial charge in [0, 0.05) is 16.6 Å². The van der Waals surface area contributed by atoms with Gasteiger partial charge in [-0.1, -0.05) is 11.6 Å². The van der Waals surface area contributed by atoms with E-state index in [0.29, 0.717) is 29.6 Å². The van der Waals surface area contributed by atoms with Gasteiger partial charge in [0.1, 0.15) is 17.1 Å². The highest BCUT2D eigenvalue weighted by atomic mass is 35.5. The Labute approximate surface area is 161 Å². The van der Waals surface area contributed by atoms with E-state index in [1.165, 1.54) is 0 Å². The van der Waals surface area contributed by atoms with Crippen molar-refractivity contribution in [1.82, 2.24) is 0 Å². The Balaban J connectivity index is 1.64. The van der Waals surface area contributed by atoms with Gasteiger partial charge in [0.25, 0.3) is 0 Å². The Morgan fingerprint density at radius 2 is 1.89 bits per heavy atom. The maximum Gasteiger partial charge on any atom is 0.339 e. The summed E-state index contributed by atoms with van der Waals surface area (Å²) in [5, 5.41) is 1.50. The molecule has 0 spiro atoms. The molecule has 0 amide bonds. The number of anilines is 1. The highest BCUT2D eigenvalue weighted by Crippen LogP contribution is 2.41. The third-order valence-electron chi connectivity index (χ3n) is 5.42. The van der Waals surface area contributed by atoms with E-state index in [4.69, 9.17) is 25.5 Å². The maximum absolute atomic E-state index is 12.4. The van der Waals surface area contributed by atoms with Gasteiger partial charge in [-0.2, -0.15) is 0 Å². The third-order valence-corrected chi connectivity index (χ3v) is 5.70. The van der Waals surface area contributed by atoms with Crippen LogP contribution in [0.4, 0.5) is 5.69 Å². The molecule has 1 aromatic heterocycles. The maximum atomic E-state index is 12.4. The van der Waals surface area contributed by atoms with Crippen molar-refractivity contribution in [3.63, 3.8) is 0 Å². The minimum absolute atomic E-state index is 0.235. The number of ether oxygens (including phenoxy) is 2. The topological polar surface area (TPSA) is 51.9 Å². The van der Waals surface area contributed by atoms with Crippen molar-refractivity contribution >= 4 is 28.3 Å². The highest BCUT2D eigenvalue weighted by Gasteiger charge is 2.28. The number of halogens is 1. The second-order valence-electron chi connectivity index (χ2n) is 6.91. The summed E-state index contributed by atoms with van der Waals surface area (Å²) in [6.45, 7) is 0.931. The van der Waals surface area contributed by atoms with Crippen LogP contribution in [-0.4, -0.2) is 13.8 Å². The van der Waals surface area contributed by atoms with Crippen LogP contribution < -0.4 is 20.0 Å². The van der Waals surface area contributed by atoms with Gasteiger partial charge >= 0.3 is 5.63 Å². The van der Waals surface area contributed by atoms with Crippen LogP contribution in [0.25, 0.3) is 11.0 Å². The molecule has 6 heteroatoms. The lowest BCUT2D eigenvalue weighted by molar-refractivity contribution is 0.289.